The van der Waals surface area contributed by atoms with Crippen molar-refractivity contribution >= 4 is 63.9 Å². The van der Waals surface area contributed by atoms with Crippen LogP contribution in [0.15, 0.2) is 65.9 Å². The Hall–Kier alpha value is -5.35. The summed E-state index contributed by atoms with van der Waals surface area (Å²) in [6, 6.07) is 8.71. The van der Waals surface area contributed by atoms with E-state index in [0.717, 1.165) is 17.0 Å². The molecule has 1 N–H and O–H groups in total. The standard InChI is InChI=1S/C35H20Cl2F5N3O8/c36-34-11-20-18(6-7-19-22(20)31(48)43(30(19)47)15-1-3-16(4-2-15)45(51)52)23(14-9-13-10-17(46)5-8-21(13)53-12-14)35(34,37)33(50)44(32(34)49)29-27(41)25(39)24(38)26(40)28(29)42/h1-6,8,10,12,19-20,22-23,46H,7,9,11H2/t19-,20+,22-,23-,34+,35-/m0/s1. The van der Waals surface area contributed by atoms with E-state index < -0.39 is 103 Å². The van der Waals surface area contributed by atoms with Crippen molar-refractivity contribution in [2.45, 2.75) is 29.0 Å². The molecule has 6 atom stereocenters. The molecule has 0 spiro atoms. The van der Waals surface area contributed by atoms with Crippen molar-refractivity contribution in [3.63, 3.8) is 0 Å². The zero-order valence-corrected chi connectivity index (χ0v) is 27.9. The quantitative estimate of drug-likeness (QED) is 0.0488. The summed E-state index contributed by atoms with van der Waals surface area (Å²) in [5.41, 5.74) is -1.51. The number of carbonyl (C=O) groups is 4. The fourth-order valence-corrected chi connectivity index (χ4v) is 9.31. The van der Waals surface area contributed by atoms with Crippen LogP contribution in [0.1, 0.15) is 18.4 Å². The molecular weight excluding hydrogens is 756 g/mol. The van der Waals surface area contributed by atoms with E-state index in [9.17, 15) is 47.6 Å². The lowest BCUT2D eigenvalue weighted by atomic mass is 9.56. The minimum absolute atomic E-state index is 0.00518. The Kier molecular flexibility index (Phi) is 7.58. The molecule has 3 aromatic rings. The van der Waals surface area contributed by atoms with Gasteiger partial charge in [-0.05, 0) is 54.7 Å². The van der Waals surface area contributed by atoms with Gasteiger partial charge in [0.25, 0.3) is 17.5 Å². The maximum absolute atomic E-state index is 15.3. The molecule has 2 saturated heterocycles. The molecule has 3 heterocycles. The van der Waals surface area contributed by atoms with Gasteiger partial charge in [0.05, 0.1) is 28.7 Å². The van der Waals surface area contributed by atoms with Crippen LogP contribution in [0.3, 0.4) is 0 Å². The second-order valence-electron chi connectivity index (χ2n) is 13.3. The number of carbonyl (C=O) groups excluding carboxylic acids is 4. The summed E-state index contributed by atoms with van der Waals surface area (Å²) in [6.45, 7) is 0. The number of fused-ring (bicyclic) bond motifs is 5. The van der Waals surface area contributed by atoms with E-state index in [1.807, 2.05) is 0 Å². The molecule has 0 bridgehead atoms. The third-order valence-electron chi connectivity index (χ3n) is 10.7. The fraction of sp³-hybridized carbons (Fsp3) is 0.257. The molecule has 0 aromatic heterocycles. The number of phenols is 1. The van der Waals surface area contributed by atoms with Crippen molar-refractivity contribution in [2.75, 3.05) is 9.80 Å². The van der Waals surface area contributed by atoms with Crippen LogP contribution in [0.5, 0.6) is 11.5 Å². The number of hydrogen-bond donors (Lipinski definition) is 1. The lowest BCUT2D eigenvalue weighted by Crippen LogP contribution is -2.61. The summed E-state index contributed by atoms with van der Waals surface area (Å²) in [6.07, 6.45) is 1.76. The summed E-state index contributed by atoms with van der Waals surface area (Å²) in [5.74, 6) is -22.1. The van der Waals surface area contributed by atoms with Crippen LogP contribution in [0, 0.1) is 62.9 Å². The molecular formula is C35H20Cl2F5N3O8. The van der Waals surface area contributed by atoms with E-state index in [2.05, 4.69) is 0 Å². The van der Waals surface area contributed by atoms with Crippen LogP contribution in [0.25, 0.3) is 0 Å². The highest BCUT2D eigenvalue weighted by Crippen LogP contribution is 2.65. The van der Waals surface area contributed by atoms with E-state index in [-0.39, 0.29) is 51.8 Å². The van der Waals surface area contributed by atoms with Crippen molar-refractivity contribution in [1.29, 1.82) is 0 Å². The molecule has 53 heavy (non-hydrogen) atoms. The number of amides is 4. The van der Waals surface area contributed by atoms with Crippen LogP contribution in [-0.2, 0) is 25.6 Å². The first-order valence-corrected chi connectivity index (χ1v) is 16.6. The van der Waals surface area contributed by atoms with Crippen molar-refractivity contribution in [3.8, 4) is 11.5 Å². The van der Waals surface area contributed by atoms with Gasteiger partial charge in [-0.25, -0.2) is 26.9 Å². The number of imide groups is 2. The molecule has 3 fully saturated rings. The number of non-ortho nitro benzene ring substituents is 1. The number of anilines is 2. The number of alkyl halides is 2. The van der Waals surface area contributed by atoms with Crippen molar-refractivity contribution in [2.24, 2.45) is 23.7 Å². The van der Waals surface area contributed by atoms with Crippen LogP contribution in [-0.4, -0.2) is 43.4 Å². The largest absolute Gasteiger partial charge is 0.508 e. The van der Waals surface area contributed by atoms with E-state index in [4.69, 9.17) is 27.9 Å². The molecule has 0 radical (unpaired) electrons. The second-order valence-corrected chi connectivity index (χ2v) is 14.5. The third-order valence-corrected chi connectivity index (χ3v) is 12.1. The highest BCUT2D eigenvalue weighted by molar-refractivity contribution is 6.58. The lowest BCUT2D eigenvalue weighted by molar-refractivity contribution is -0.384. The molecule has 18 heteroatoms. The molecule has 8 rings (SSSR count). The smallest absolute Gasteiger partial charge is 0.269 e. The van der Waals surface area contributed by atoms with Gasteiger partial charge >= 0.3 is 0 Å². The van der Waals surface area contributed by atoms with E-state index in [1.54, 1.807) is 0 Å². The first-order chi connectivity index (χ1) is 25.0. The number of rotatable bonds is 4. The minimum atomic E-state index is -2.74. The number of phenolic OH excluding ortho intramolecular Hbond substituents is 1. The number of hydrogen-bond acceptors (Lipinski definition) is 8. The van der Waals surface area contributed by atoms with E-state index in [0.29, 0.717) is 5.56 Å². The first-order valence-electron chi connectivity index (χ1n) is 15.8. The van der Waals surface area contributed by atoms with Crippen LogP contribution in [0.2, 0.25) is 0 Å². The summed E-state index contributed by atoms with van der Waals surface area (Å²) >= 11 is 14.3. The maximum Gasteiger partial charge on any atom is 0.269 e. The summed E-state index contributed by atoms with van der Waals surface area (Å²) < 4.78 is 79.4. The Morgan fingerprint density at radius 1 is 0.849 bits per heavy atom. The highest BCUT2D eigenvalue weighted by Gasteiger charge is 2.77. The Bertz CT molecular complexity index is 2290. The molecule has 1 saturated carbocycles. The van der Waals surface area contributed by atoms with Crippen LogP contribution >= 0.6 is 23.2 Å². The normalized spacial score (nSPS) is 28.9. The molecule has 0 unspecified atom stereocenters. The summed E-state index contributed by atoms with van der Waals surface area (Å²) in [5, 5.41) is 21.4. The molecule has 3 aromatic carbocycles. The molecule has 3 aliphatic heterocycles. The fourth-order valence-electron chi connectivity index (χ4n) is 8.36. The lowest BCUT2D eigenvalue weighted by Gasteiger charge is -2.51. The predicted molar refractivity (Wildman–Crippen MR) is 173 cm³/mol. The van der Waals surface area contributed by atoms with Crippen molar-refractivity contribution in [1.82, 2.24) is 0 Å². The molecule has 272 valence electrons. The van der Waals surface area contributed by atoms with Gasteiger partial charge < -0.3 is 9.84 Å². The number of benzene rings is 3. The van der Waals surface area contributed by atoms with Gasteiger partial charge in [-0.15, -0.1) is 23.2 Å². The predicted octanol–water partition coefficient (Wildman–Crippen LogP) is 6.12. The maximum atomic E-state index is 15.3. The van der Waals surface area contributed by atoms with Gasteiger partial charge in [-0.1, -0.05) is 11.6 Å². The molecule has 2 aliphatic carbocycles. The minimum Gasteiger partial charge on any atom is -0.508 e. The number of ether oxygens (including phenoxy) is 1. The zero-order chi connectivity index (χ0) is 38.0. The zero-order valence-electron chi connectivity index (χ0n) is 26.4. The Morgan fingerprint density at radius 3 is 2.13 bits per heavy atom. The van der Waals surface area contributed by atoms with Gasteiger partial charge in [0, 0.05) is 30.0 Å². The first kappa shape index (κ1) is 34.7. The number of nitro benzene ring substituents is 1. The van der Waals surface area contributed by atoms with Gasteiger partial charge in [0.15, 0.2) is 33.0 Å². The number of aromatic hydroxyl groups is 1. The Morgan fingerprint density at radius 2 is 1.49 bits per heavy atom. The number of nitro groups is 1. The van der Waals surface area contributed by atoms with Crippen LogP contribution < -0.4 is 14.5 Å². The average molecular weight is 776 g/mol. The van der Waals surface area contributed by atoms with Crippen molar-refractivity contribution in [3.05, 3.63) is 111 Å². The monoisotopic (exact) mass is 775 g/mol. The number of nitrogens with zero attached hydrogens (tertiary/aromatic N) is 3. The summed E-state index contributed by atoms with van der Waals surface area (Å²) in [4.78, 5) is 62.5. The number of allylic oxidation sites excluding steroid dienone is 3. The van der Waals surface area contributed by atoms with Gasteiger partial charge in [-0.3, -0.25) is 34.2 Å². The summed E-state index contributed by atoms with van der Waals surface area (Å²) in [7, 11) is 0. The van der Waals surface area contributed by atoms with E-state index >= 15 is 8.78 Å². The molecule has 4 amide bonds. The van der Waals surface area contributed by atoms with Gasteiger partial charge in [0.1, 0.15) is 17.2 Å². The van der Waals surface area contributed by atoms with Crippen molar-refractivity contribution < 1.29 is 55.9 Å². The van der Waals surface area contributed by atoms with E-state index in [1.165, 1.54) is 42.7 Å². The highest BCUT2D eigenvalue weighted by atomic mass is 35.5. The third kappa shape index (κ3) is 4.51. The van der Waals surface area contributed by atoms with Gasteiger partial charge in [0.2, 0.25) is 17.6 Å². The number of halogens is 7. The Labute approximate surface area is 304 Å². The topological polar surface area (TPSA) is 147 Å². The van der Waals surface area contributed by atoms with Crippen LogP contribution in [0.4, 0.5) is 39.0 Å². The average Bonchev–Trinajstić information content (AvgIpc) is 3.47. The Balaban J connectivity index is 1.29. The molecule has 11 nitrogen and oxygen atoms in total. The van der Waals surface area contributed by atoms with Gasteiger partial charge in [-0.2, -0.15) is 0 Å². The second kappa shape index (κ2) is 11.6. The SMILES string of the molecule is O=C1[C@H]2[C@H](CC=C3[C@H](C4=COc5ccc(O)cc5C4)[C@]4(Cl)C(=O)N(c5c(F)c(F)c(F)c(F)c5F)C(=O)[C@]4(Cl)C[C@H]32)C(=O)N1c1ccc([N+](=O)[O-])cc1. The molecule has 5 aliphatic rings.